The average molecular weight is 372 g/mol. The minimum Gasteiger partial charge on any atom is -0.469 e. The smallest absolute Gasteiger partial charge is 0.407 e. The number of carbonyl (C=O) groups is 3. The van der Waals surface area contributed by atoms with Crippen LogP contribution in [0.2, 0.25) is 0 Å². The number of amides is 1. The molecule has 6 heteroatoms. The molecule has 6 nitrogen and oxygen atoms in total. The lowest BCUT2D eigenvalue weighted by molar-refractivity contribution is -0.143. The van der Waals surface area contributed by atoms with Crippen LogP contribution in [0.3, 0.4) is 0 Å². The number of ether oxygens (including phenoxy) is 2. The molecule has 152 valence electrons. The van der Waals surface area contributed by atoms with Crippen LogP contribution in [-0.4, -0.2) is 36.6 Å². The largest absolute Gasteiger partial charge is 0.469 e. The highest BCUT2D eigenvalue weighted by Crippen LogP contribution is 2.13. The molecule has 0 heterocycles. The molecular weight excluding hydrogens is 334 g/mol. The van der Waals surface area contributed by atoms with Crippen LogP contribution in [0.1, 0.15) is 91.9 Å². The van der Waals surface area contributed by atoms with Gasteiger partial charge in [-0.2, -0.15) is 0 Å². The molecule has 1 N–H and O–H groups in total. The number of hydrogen-bond donors (Lipinski definition) is 1. The molecule has 26 heavy (non-hydrogen) atoms. The maximum Gasteiger partial charge on any atom is 0.407 e. The molecule has 0 rings (SSSR count). The van der Waals surface area contributed by atoms with E-state index in [-0.39, 0.29) is 24.7 Å². The second-order valence-corrected chi connectivity index (χ2v) is 7.75. The predicted octanol–water partition coefficient (Wildman–Crippen LogP) is 4.54. The SMILES string of the molecule is CCCCCCCCC[C@H](CC(=O)CC(=O)OC)NC(=O)OC(C)(C)C. The number of alkyl carbamates (subject to hydrolysis) is 1. The molecule has 0 saturated heterocycles. The van der Waals surface area contributed by atoms with Crippen LogP contribution in [0.5, 0.6) is 0 Å². The highest BCUT2D eigenvalue weighted by Gasteiger charge is 2.22. The van der Waals surface area contributed by atoms with Gasteiger partial charge in [0.1, 0.15) is 17.8 Å². The standard InChI is InChI=1S/C20H37NO5/c1-6-7-8-9-10-11-12-13-16(14-17(22)15-18(23)25-5)21-19(24)26-20(2,3)4/h16H,6-15H2,1-5H3,(H,21,24)/t16-/m1/s1. The number of esters is 1. The van der Waals surface area contributed by atoms with Crippen LogP contribution in [0, 0.1) is 0 Å². The van der Waals surface area contributed by atoms with Gasteiger partial charge in [0.25, 0.3) is 0 Å². The molecule has 0 aliphatic rings. The van der Waals surface area contributed by atoms with Crippen LogP contribution < -0.4 is 5.32 Å². The molecule has 0 bridgehead atoms. The van der Waals surface area contributed by atoms with Crippen LogP contribution in [-0.2, 0) is 19.1 Å². The Labute approximate surface area is 158 Å². The van der Waals surface area contributed by atoms with E-state index in [0.717, 1.165) is 19.3 Å². The maximum absolute atomic E-state index is 12.0. The highest BCUT2D eigenvalue weighted by atomic mass is 16.6. The molecule has 0 saturated carbocycles. The first kappa shape index (κ1) is 24.4. The van der Waals surface area contributed by atoms with Crippen LogP contribution in [0.4, 0.5) is 4.79 Å². The van der Waals surface area contributed by atoms with Crippen molar-refractivity contribution in [3.63, 3.8) is 0 Å². The summed E-state index contributed by atoms with van der Waals surface area (Å²) in [5.74, 6) is -0.789. The monoisotopic (exact) mass is 371 g/mol. The normalized spacial score (nSPS) is 12.3. The number of carbonyl (C=O) groups excluding carboxylic acids is 3. The number of nitrogens with one attached hydrogen (secondary N) is 1. The summed E-state index contributed by atoms with van der Waals surface area (Å²) in [4.78, 5) is 35.2. The zero-order valence-corrected chi connectivity index (χ0v) is 17.2. The van der Waals surface area contributed by atoms with Crippen LogP contribution in [0.25, 0.3) is 0 Å². The van der Waals surface area contributed by atoms with Gasteiger partial charge in [-0.3, -0.25) is 9.59 Å². The Morgan fingerprint density at radius 2 is 1.54 bits per heavy atom. The van der Waals surface area contributed by atoms with Crippen molar-refractivity contribution in [1.82, 2.24) is 5.32 Å². The second-order valence-electron chi connectivity index (χ2n) is 7.75. The molecule has 0 radical (unpaired) electrons. The number of Topliss-reactive ketones (excluding diaryl/α,β-unsaturated/α-hetero) is 1. The van der Waals surface area contributed by atoms with Gasteiger partial charge >= 0.3 is 12.1 Å². The summed E-state index contributed by atoms with van der Waals surface area (Å²) in [6.07, 6.45) is 8.15. The number of ketones is 1. The van der Waals surface area contributed by atoms with Gasteiger partial charge in [0, 0.05) is 12.5 Å². The van der Waals surface area contributed by atoms with E-state index in [2.05, 4.69) is 17.0 Å². The van der Waals surface area contributed by atoms with E-state index in [9.17, 15) is 14.4 Å². The van der Waals surface area contributed by atoms with Gasteiger partial charge in [0.2, 0.25) is 0 Å². The first-order chi connectivity index (χ1) is 12.2. The van der Waals surface area contributed by atoms with Crippen LogP contribution in [0.15, 0.2) is 0 Å². The number of hydrogen-bond acceptors (Lipinski definition) is 5. The quantitative estimate of drug-likeness (QED) is 0.292. The van der Waals surface area contributed by atoms with Crippen molar-refractivity contribution in [3.05, 3.63) is 0 Å². The Kier molecular flexibility index (Phi) is 12.8. The maximum atomic E-state index is 12.0. The topological polar surface area (TPSA) is 81.7 Å². The molecular formula is C20H37NO5. The molecule has 0 spiro atoms. The Balaban J connectivity index is 4.41. The van der Waals surface area contributed by atoms with E-state index in [0.29, 0.717) is 6.42 Å². The molecule has 0 aromatic heterocycles. The van der Waals surface area contributed by atoms with E-state index in [1.165, 1.54) is 32.8 Å². The summed E-state index contributed by atoms with van der Waals surface area (Å²) in [7, 11) is 1.25. The van der Waals surface area contributed by atoms with E-state index in [1.807, 2.05) is 0 Å². The van der Waals surface area contributed by atoms with E-state index in [1.54, 1.807) is 20.8 Å². The number of rotatable bonds is 13. The van der Waals surface area contributed by atoms with Crippen molar-refractivity contribution in [2.45, 2.75) is 104 Å². The molecule has 0 fully saturated rings. The molecule has 0 aromatic rings. The fraction of sp³-hybridized carbons (Fsp3) is 0.850. The second kappa shape index (κ2) is 13.6. The van der Waals surface area contributed by atoms with Crippen molar-refractivity contribution in [3.8, 4) is 0 Å². The van der Waals surface area contributed by atoms with E-state index in [4.69, 9.17) is 4.74 Å². The van der Waals surface area contributed by atoms with Crippen molar-refractivity contribution < 1.29 is 23.9 Å². The Hall–Kier alpha value is -1.59. The summed E-state index contributed by atoms with van der Waals surface area (Å²) >= 11 is 0. The summed E-state index contributed by atoms with van der Waals surface area (Å²) in [6, 6.07) is -0.322. The Bertz CT molecular complexity index is 428. The van der Waals surface area contributed by atoms with Gasteiger partial charge in [0.15, 0.2) is 0 Å². The fourth-order valence-electron chi connectivity index (χ4n) is 2.63. The van der Waals surface area contributed by atoms with Gasteiger partial charge in [-0.25, -0.2) is 4.79 Å². The average Bonchev–Trinajstić information content (AvgIpc) is 2.51. The van der Waals surface area contributed by atoms with Crippen molar-refractivity contribution >= 4 is 17.8 Å². The third kappa shape index (κ3) is 14.7. The van der Waals surface area contributed by atoms with Gasteiger partial charge in [-0.1, -0.05) is 51.9 Å². The zero-order valence-electron chi connectivity index (χ0n) is 17.2. The molecule has 1 amide bonds. The van der Waals surface area contributed by atoms with Crippen molar-refractivity contribution in [1.29, 1.82) is 0 Å². The molecule has 0 aliphatic carbocycles. The van der Waals surface area contributed by atoms with Gasteiger partial charge in [-0.05, 0) is 27.2 Å². The number of unbranched alkanes of at least 4 members (excludes halogenated alkanes) is 6. The zero-order chi connectivity index (χ0) is 20.0. The molecule has 0 unspecified atom stereocenters. The lowest BCUT2D eigenvalue weighted by atomic mass is 10.0. The van der Waals surface area contributed by atoms with Crippen molar-refractivity contribution in [2.24, 2.45) is 0 Å². The van der Waals surface area contributed by atoms with Gasteiger partial charge in [0.05, 0.1) is 7.11 Å². The highest BCUT2D eigenvalue weighted by molar-refractivity contribution is 5.95. The van der Waals surface area contributed by atoms with Crippen molar-refractivity contribution in [2.75, 3.05) is 7.11 Å². The lowest BCUT2D eigenvalue weighted by Gasteiger charge is -2.23. The summed E-state index contributed by atoms with van der Waals surface area (Å²) in [5, 5.41) is 2.77. The fourth-order valence-corrected chi connectivity index (χ4v) is 2.63. The minimum atomic E-state index is -0.593. The Morgan fingerprint density at radius 1 is 0.962 bits per heavy atom. The lowest BCUT2D eigenvalue weighted by Crippen LogP contribution is -2.40. The third-order valence-electron chi connectivity index (χ3n) is 3.92. The minimum absolute atomic E-state index is 0.115. The first-order valence-corrected chi connectivity index (χ1v) is 9.76. The summed E-state index contributed by atoms with van der Waals surface area (Å²) in [5.41, 5.74) is -0.593. The number of methoxy groups -OCH3 is 1. The van der Waals surface area contributed by atoms with Crippen LogP contribution >= 0.6 is 0 Å². The molecule has 0 aliphatic heterocycles. The first-order valence-electron chi connectivity index (χ1n) is 9.76. The van der Waals surface area contributed by atoms with Gasteiger partial charge in [-0.15, -0.1) is 0 Å². The predicted molar refractivity (Wildman–Crippen MR) is 102 cm³/mol. The summed E-state index contributed by atoms with van der Waals surface area (Å²) in [6.45, 7) is 7.57. The van der Waals surface area contributed by atoms with Gasteiger partial charge < -0.3 is 14.8 Å². The van der Waals surface area contributed by atoms with E-state index >= 15 is 0 Å². The third-order valence-corrected chi connectivity index (χ3v) is 3.92. The molecule has 1 atom stereocenters. The molecule has 0 aromatic carbocycles. The Morgan fingerprint density at radius 3 is 2.08 bits per heavy atom. The summed E-state index contributed by atoms with van der Waals surface area (Å²) < 4.78 is 9.79. The van der Waals surface area contributed by atoms with E-state index < -0.39 is 17.7 Å².